The third kappa shape index (κ3) is 5.33. The van der Waals surface area contributed by atoms with Gasteiger partial charge in [0.15, 0.2) is 5.82 Å². The van der Waals surface area contributed by atoms with Crippen LogP contribution in [-0.4, -0.2) is 24.5 Å². The zero-order valence-corrected chi connectivity index (χ0v) is 19.5. The summed E-state index contributed by atoms with van der Waals surface area (Å²) in [7, 11) is -4.13. The first kappa shape index (κ1) is 23.2. The predicted octanol–water partition coefficient (Wildman–Crippen LogP) is 4.67. The highest BCUT2D eigenvalue weighted by molar-refractivity contribution is 7.92. The van der Waals surface area contributed by atoms with E-state index in [1.807, 2.05) is 13.8 Å². The molecule has 1 heterocycles. The molecule has 1 aliphatic carbocycles. The van der Waals surface area contributed by atoms with Gasteiger partial charge in [0, 0.05) is 17.2 Å². The van der Waals surface area contributed by atoms with Gasteiger partial charge in [0.2, 0.25) is 5.89 Å². The van der Waals surface area contributed by atoms with Crippen LogP contribution in [0.2, 0.25) is 5.02 Å². The van der Waals surface area contributed by atoms with Crippen molar-refractivity contribution in [2.45, 2.75) is 43.5 Å². The molecule has 0 radical (unpaired) electrons. The van der Waals surface area contributed by atoms with E-state index in [9.17, 15) is 17.6 Å². The summed E-state index contributed by atoms with van der Waals surface area (Å²) in [5.41, 5.74) is 0.247. The Hall–Kier alpha value is -2.98. The molecule has 4 rings (SSSR count). The lowest BCUT2D eigenvalue weighted by molar-refractivity contribution is 0.0913. The summed E-state index contributed by atoms with van der Waals surface area (Å²) in [5.74, 6) is 0.173. The van der Waals surface area contributed by atoms with Crippen LogP contribution in [0.1, 0.15) is 60.7 Å². The van der Waals surface area contributed by atoms with Crippen LogP contribution in [-0.2, 0) is 10.0 Å². The van der Waals surface area contributed by atoms with Crippen LogP contribution in [0.4, 0.5) is 10.1 Å². The highest BCUT2D eigenvalue weighted by atomic mass is 35.5. The van der Waals surface area contributed by atoms with Gasteiger partial charge in [-0.15, -0.1) is 0 Å². The second-order valence-electron chi connectivity index (χ2n) is 8.22. The molecule has 1 aromatic heterocycles. The van der Waals surface area contributed by atoms with E-state index in [4.69, 9.17) is 16.1 Å². The van der Waals surface area contributed by atoms with E-state index < -0.39 is 27.8 Å². The Morgan fingerprint density at radius 3 is 2.52 bits per heavy atom. The number of carbonyl (C=O) groups excluding carboxylic acids is 1. The van der Waals surface area contributed by atoms with Crippen molar-refractivity contribution in [3.8, 4) is 0 Å². The molecule has 2 N–H and O–H groups in total. The second kappa shape index (κ2) is 9.11. The number of halogens is 2. The molecule has 1 aliphatic rings. The average molecular weight is 493 g/mol. The number of hydrogen-bond donors (Lipinski definition) is 2. The fourth-order valence-corrected chi connectivity index (χ4v) is 4.78. The predicted molar refractivity (Wildman–Crippen MR) is 120 cm³/mol. The highest BCUT2D eigenvalue weighted by Crippen LogP contribution is 2.38. The molecule has 0 aliphatic heterocycles. The van der Waals surface area contributed by atoms with E-state index in [2.05, 4.69) is 20.2 Å². The number of anilines is 1. The average Bonchev–Trinajstić information content (AvgIpc) is 3.50. The summed E-state index contributed by atoms with van der Waals surface area (Å²) >= 11 is 6.12. The van der Waals surface area contributed by atoms with E-state index in [1.165, 1.54) is 30.3 Å². The monoisotopic (exact) mass is 492 g/mol. The maximum absolute atomic E-state index is 13.1. The van der Waals surface area contributed by atoms with Crippen LogP contribution < -0.4 is 10.0 Å². The van der Waals surface area contributed by atoms with E-state index in [-0.39, 0.29) is 27.1 Å². The maximum atomic E-state index is 13.1. The largest absolute Gasteiger partial charge is 0.340 e. The smallest absolute Gasteiger partial charge is 0.263 e. The van der Waals surface area contributed by atoms with Gasteiger partial charge in [0.05, 0.1) is 5.02 Å². The summed E-state index contributed by atoms with van der Waals surface area (Å²) in [5, 5.41) is 6.78. The van der Waals surface area contributed by atoms with Gasteiger partial charge in [-0.25, -0.2) is 12.8 Å². The van der Waals surface area contributed by atoms with Crippen molar-refractivity contribution >= 4 is 33.2 Å². The third-order valence-electron chi connectivity index (χ3n) is 5.20. The first-order valence-corrected chi connectivity index (χ1v) is 12.2. The van der Waals surface area contributed by atoms with Crippen molar-refractivity contribution < 1.29 is 22.1 Å². The normalized spacial score (nSPS) is 14.8. The molecule has 1 amide bonds. The molecular weight excluding hydrogens is 471 g/mol. The Kier molecular flexibility index (Phi) is 6.40. The Morgan fingerprint density at radius 2 is 1.88 bits per heavy atom. The summed E-state index contributed by atoms with van der Waals surface area (Å²) in [4.78, 5) is 17.1. The van der Waals surface area contributed by atoms with Gasteiger partial charge in [-0.1, -0.05) is 30.6 Å². The Bertz CT molecular complexity index is 1270. The molecule has 1 atom stereocenters. The van der Waals surface area contributed by atoms with Gasteiger partial charge in [-0.3, -0.25) is 9.52 Å². The van der Waals surface area contributed by atoms with Crippen LogP contribution in [0, 0.1) is 11.7 Å². The lowest BCUT2D eigenvalue weighted by atomic mass is 10.0. The molecular formula is C22H22ClFN4O4S. The molecule has 3 aromatic rings. The molecule has 33 heavy (non-hydrogen) atoms. The minimum atomic E-state index is -4.13. The van der Waals surface area contributed by atoms with Gasteiger partial charge in [-0.2, -0.15) is 4.98 Å². The van der Waals surface area contributed by atoms with Gasteiger partial charge in [-0.05, 0) is 61.2 Å². The van der Waals surface area contributed by atoms with Gasteiger partial charge < -0.3 is 9.84 Å². The van der Waals surface area contributed by atoms with Crippen molar-refractivity contribution in [1.29, 1.82) is 0 Å². The first-order valence-electron chi connectivity index (χ1n) is 10.4. The number of aromatic nitrogens is 2. The van der Waals surface area contributed by atoms with Crippen LogP contribution in [0.25, 0.3) is 0 Å². The van der Waals surface area contributed by atoms with Crippen molar-refractivity contribution in [3.63, 3.8) is 0 Å². The van der Waals surface area contributed by atoms with E-state index >= 15 is 0 Å². The SMILES string of the molecule is CC(C)C(NC(=O)c1ccc(Cl)c(S(=O)(=O)Nc2ccc(F)cc2)c1)c1nc(C2CC2)no1. The molecule has 11 heteroatoms. The Morgan fingerprint density at radius 1 is 1.18 bits per heavy atom. The Labute approximate surface area is 195 Å². The summed E-state index contributed by atoms with van der Waals surface area (Å²) in [6.45, 7) is 3.80. The van der Waals surface area contributed by atoms with Crippen LogP contribution in [0.5, 0.6) is 0 Å². The number of carbonyl (C=O) groups is 1. The fourth-order valence-electron chi connectivity index (χ4n) is 3.20. The zero-order chi connectivity index (χ0) is 23.8. The number of rotatable bonds is 8. The van der Waals surface area contributed by atoms with Crippen molar-refractivity contribution in [1.82, 2.24) is 15.5 Å². The van der Waals surface area contributed by atoms with Crippen molar-refractivity contribution in [2.24, 2.45) is 5.92 Å². The molecule has 1 saturated carbocycles. The van der Waals surface area contributed by atoms with Crippen molar-refractivity contribution in [3.05, 3.63) is 70.6 Å². The van der Waals surface area contributed by atoms with E-state index in [1.54, 1.807) is 0 Å². The number of nitrogens with zero attached hydrogens (tertiary/aromatic N) is 2. The second-order valence-corrected chi connectivity index (χ2v) is 10.3. The van der Waals surface area contributed by atoms with Crippen LogP contribution in [0.3, 0.4) is 0 Å². The topological polar surface area (TPSA) is 114 Å². The molecule has 2 aromatic carbocycles. The standard InChI is InChI=1S/C22H22ClFN4O4S/c1-12(2)19(22-26-20(27-32-22)13-3-4-13)25-21(29)14-5-10-17(23)18(11-14)33(30,31)28-16-8-6-15(24)7-9-16/h5-13,19,28H,3-4H2,1-2H3,(H,25,29). The van der Waals surface area contributed by atoms with E-state index in [0.717, 1.165) is 25.0 Å². The molecule has 174 valence electrons. The number of sulfonamides is 1. The van der Waals surface area contributed by atoms with E-state index in [0.29, 0.717) is 17.6 Å². The zero-order valence-electron chi connectivity index (χ0n) is 17.9. The molecule has 1 unspecified atom stereocenters. The third-order valence-corrected chi connectivity index (χ3v) is 7.06. The fraction of sp³-hybridized carbons (Fsp3) is 0.318. The quantitative estimate of drug-likeness (QED) is 0.472. The maximum Gasteiger partial charge on any atom is 0.263 e. The molecule has 0 saturated heterocycles. The molecule has 0 spiro atoms. The highest BCUT2D eigenvalue weighted by Gasteiger charge is 2.32. The summed E-state index contributed by atoms with van der Waals surface area (Å²) < 4.78 is 46.5. The molecule has 1 fully saturated rings. The number of nitrogens with one attached hydrogen (secondary N) is 2. The number of hydrogen-bond acceptors (Lipinski definition) is 6. The van der Waals surface area contributed by atoms with Crippen molar-refractivity contribution in [2.75, 3.05) is 4.72 Å². The molecule has 0 bridgehead atoms. The Balaban J connectivity index is 1.56. The number of amides is 1. The van der Waals surface area contributed by atoms with Crippen LogP contribution in [0.15, 0.2) is 51.9 Å². The van der Waals surface area contributed by atoms with Crippen LogP contribution >= 0.6 is 11.6 Å². The first-order chi connectivity index (χ1) is 15.6. The number of benzene rings is 2. The molecule has 8 nitrogen and oxygen atoms in total. The van der Waals surface area contributed by atoms with Gasteiger partial charge >= 0.3 is 0 Å². The summed E-state index contributed by atoms with van der Waals surface area (Å²) in [6, 6.07) is 8.21. The minimum Gasteiger partial charge on any atom is -0.340 e. The summed E-state index contributed by atoms with van der Waals surface area (Å²) in [6.07, 6.45) is 2.04. The van der Waals surface area contributed by atoms with Gasteiger partial charge in [0.1, 0.15) is 16.8 Å². The lowest BCUT2D eigenvalue weighted by Gasteiger charge is -2.19. The minimum absolute atomic E-state index is 0.0582. The van der Waals surface area contributed by atoms with Gasteiger partial charge in [0.25, 0.3) is 15.9 Å². The lowest BCUT2D eigenvalue weighted by Crippen LogP contribution is -2.32.